The fourth-order valence-corrected chi connectivity index (χ4v) is 3.47. The largest absolute Gasteiger partial charge is 0.229 e. The predicted octanol–water partition coefficient (Wildman–Crippen LogP) is 3.40. The minimum atomic E-state index is -2.76. The molecule has 0 N–H and O–H groups in total. The number of rotatable bonds is 8. The number of hydrogen-bond acceptors (Lipinski definition) is 2. The van der Waals surface area contributed by atoms with Crippen molar-refractivity contribution in [2.24, 2.45) is 5.92 Å². The van der Waals surface area contributed by atoms with Crippen LogP contribution in [-0.2, 0) is 9.84 Å². The highest BCUT2D eigenvalue weighted by molar-refractivity contribution is 9.09. The summed E-state index contributed by atoms with van der Waals surface area (Å²) >= 11 is 3.63. The van der Waals surface area contributed by atoms with Crippen molar-refractivity contribution in [2.75, 3.05) is 11.5 Å². The maximum absolute atomic E-state index is 11.2. The highest BCUT2D eigenvalue weighted by Crippen LogP contribution is 2.18. The van der Waals surface area contributed by atoms with Crippen LogP contribution in [-0.4, -0.2) is 24.8 Å². The lowest BCUT2D eigenvalue weighted by Crippen LogP contribution is -2.09. The SMILES string of the molecule is CCS(=O)(=O)CCCCC(Br)CC(C)C. The molecule has 15 heavy (non-hydrogen) atoms. The summed E-state index contributed by atoms with van der Waals surface area (Å²) in [6.45, 7) is 6.12. The Hall–Kier alpha value is 0.430. The van der Waals surface area contributed by atoms with E-state index in [4.69, 9.17) is 0 Å². The zero-order valence-corrected chi connectivity index (χ0v) is 12.4. The van der Waals surface area contributed by atoms with Crippen molar-refractivity contribution in [1.29, 1.82) is 0 Å². The lowest BCUT2D eigenvalue weighted by atomic mass is 10.0. The molecular weight excluding hydrogens is 276 g/mol. The van der Waals surface area contributed by atoms with Gasteiger partial charge < -0.3 is 0 Å². The fourth-order valence-electron chi connectivity index (χ4n) is 1.46. The summed E-state index contributed by atoms with van der Waals surface area (Å²) in [5.41, 5.74) is 0. The molecule has 0 fully saturated rings. The van der Waals surface area contributed by atoms with Crippen LogP contribution in [0, 0.1) is 5.92 Å². The summed E-state index contributed by atoms with van der Waals surface area (Å²) in [7, 11) is -2.76. The first-order chi connectivity index (χ1) is 6.87. The van der Waals surface area contributed by atoms with Gasteiger partial charge in [0.2, 0.25) is 0 Å². The zero-order valence-electron chi connectivity index (χ0n) is 10.0. The van der Waals surface area contributed by atoms with Crippen molar-refractivity contribution >= 4 is 25.8 Å². The molecule has 2 nitrogen and oxygen atoms in total. The second-order valence-corrected chi connectivity index (χ2v) is 8.23. The van der Waals surface area contributed by atoms with E-state index in [9.17, 15) is 8.42 Å². The van der Waals surface area contributed by atoms with Crippen molar-refractivity contribution in [2.45, 2.75) is 51.3 Å². The van der Waals surface area contributed by atoms with Crippen LogP contribution in [0.5, 0.6) is 0 Å². The summed E-state index contributed by atoms with van der Waals surface area (Å²) in [5.74, 6) is 1.33. The molecule has 0 amide bonds. The Morgan fingerprint density at radius 1 is 1.20 bits per heavy atom. The van der Waals surface area contributed by atoms with Gasteiger partial charge in [-0.2, -0.15) is 0 Å². The molecule has 0 aromatic heterocycles. The van der Waals surface area contributed by atoms with Gasteiger partial charge in [-0.1, -0.05) is 43.1 Å². The predicted molar refractivity (Wildman–Crippen MR) is 70.3 cm³/mol. The van der Waals surface area contributed by atoms with Crippen LogP contribution in [0.1, 0.15) is 46.5 Å². The van der Waals surface area contributed by atoms with Gasteiger partial charge in [-0.05, 0) is 25.2 Å². The highest BCUT2D eigenvalue weighted by Gasteiger charge is 2.09. The molecule has 0 saturated heterocycles. The minimum absolute atomic E-state index is 0.275. The van der Waals surface area contributed by atoms with Crippen LogP contribution >= 0.6 is 15.9 Å². The van der Waals surface area contributed by atoms with Crippen molar-refractivity contribution in [1.82, 2.24) is 0 Å². The van der Waals surface area contributed by atoms with E-state index in [-0.39, 0.29) is 5.75 Å². The number of hydrogen-bond donors (Lipinski definition) is 0. The Balaban J connectivity index is 3.55. The van der Waals surface area contributed by atoms with Gasteiger partial charge in [-0.15, -0.1) is 0 Å². The number of alkyl halides is 1. The van der Waals surface area contributed by atoms with Crippen molar-refractivity contribution < 1.29 is 8.42 Å². The van der Waals surface area contributed by atoms with Crippen molar-refractivity contribution in [3.8, 4) is 0 Å². The van der Waals surface area contributed by atoms with E-state index >= 15 is 0 Å². The topological polar surface area (TPSA) is 34.1 Å². The minimum Gasteiger partial charge on any atom is -0.229 e. The molecular formula is C11H23BrO2S. The average Bonchev–Trinajstić information content (AvgIpc) is 2.11. The maximum atomic E-state index is 11.2. The molecule has 0 saturated carbocycles. The van der Waals surface area contributed by atoms with Gasteiger partial charge >= 0.3 is 0 Å². The third-order valence-corrected chi connectivity index (χ3v) is 5.01. The lowest BCUT2D eigenvalue weighted by molar-refractivity contribution is 0.539. The molecule has 0 heterocycles. The summed E-state index contributed by atoms with van der Waals surface area (Å²) in [6.07, 6.45) is 4.05. The van der Waals surface area contributed by atoms with E-state index < -0.39 is 9.84 Å². The molecule has 0 aromatic rings. The Bertz CT molecular complexity index is 247. The first-order valence-electron chi connectivity index (χ1n) is 5.72. The van der Waals surface area contributed by atoms with Gasteiger partial charge in [-0.3, -0.25) is 0 Å². The first kappa shape index (κ1) is 15.4. The van der Waals surface area contributed by atoms with Crippen LogP contribution in [0.25, 0.3) is 0 Å². The highest BCUT2D eigenvalue weighted by atomic mass is 79.9. The Labute approximate surface area is 103 Å². The van der Waals surface area contributed by atoms with Gasteiger partial charge in [0.05, 0.1) is 5.75 Å². The summed E-state index contributed by atoms with van der Waals surface area (Å²) in [6, 6.07) is 0. The van der Waals surface area contributed by atoms with Gasteiger partial charge in [-0.25, -0.2) is 8.42 Å². The quantitative estimate of drug-likeness (QED) is 0.508. The standard InChI is InChI=1S/C11H23BrO2S/c1-4-15(13,14)8-6-5-7-11(12)9-10(2)3/h10-11H,4-9H2,1-3H3. The first-order valence-corrected chi connectivity index (χ1v) is 8.45. The van der Waals surface area contributed by atoms with E-state index in [0.717, 1.165) is 19.3 Å². The third-order valence-electron chi connectivity index (χ3n) is 2.39. The van der Waals surface area contributed by atoms with E-state index in [1.807, 2.05) is 0 Å². The second kappa shape index (κ2) is 7.66. The molecule has 0 bridgehead atoms. The molecule has 0 aliphatic heterocycles. The molecule has 0 aliphatic rings. The van der Waals surface area contributed by atoms with E-state index in [2.05, 4.69) is 29.8 Å². The smallest absolute Gasteiger partial charge is 0.150 e. The number of halogens is 1. The van der Waals surface area contributed by atoms with Crippen molar-refractivity contribution in [3.63, 3.8) is 0 Å². The Morgan fingerprint density at radius 2 is 1.80 bits per heavy atom. The molecule has 1 unspecified atom stereocenters. The molecule has 4 heteroatoms. The third kappa shape index (κ3) is 9.36. The normalized spacial score (nSPS) is 14.5. The maximum Gasteiger partial charge on any atom is 0.150 e. The van der Waals surface area contributed by atoms with Crippen LogP contribution in [0.15, 0.2) is 0 Å². The van der Waals surface area contributed by atoms with Gasteiger partial charge in [0.25, 0.3) is 0 Å². The fraction of sp³-hybridized carbons (Fsp3) is 1.00. The van der Waals surface area contributed by atoms with Crippen LogP contribution < -0.4 is 0 Å². The average molecular weight is 299 g/mol. The second-order valence-electron chi connectivity index (χ2n) is 4.46. The van der Waals surface area contributed by atoms with Crippen LogP contribution in [0.4, 0.5) is 0 Å². The van der Waals surface area contributed by atoms with Crippen LogP contribution in [0.3, 0.4) is 0 Å². The molecule has 0 aromatic carbocycles. The monoisotopic (exact) mass is 298 g/mol. The van der Waals surface area contributed by atoms with Gasteiger partial charge in [0.15, 0.2) is 0 Å². The lowest BCUT2D eigenvalue weighted by Gasteiger charge is -2.11. The van der Waals surface area contributed by atoms with Crippen LogP contribution in [0.2, 0.25) is 0 Å². The number of unbranched alkanes of at least 4 members (excludes halogenated alkanes) is 1. The molecule has 0 radical (unpaired) electrons. The zero-order chi connectivity index (χ0) is 11.9. The Kier molecular flexibility index (Phi) is 7.88. The molecule has 0 spiro atoms. The summed E-state index contributed by atoms with van der Waals surface area (Å²) in [5, 5.41) is 0. The van der Waals surface area contributed by atoms with Crippen molar-refractivity contribution in [3.05, 3.63) is 0 Å². The van der Waals surface area contributed by atoms with Gasteiger partial charge in [0.1, 0.15) is 9.84 Å². The molecule has 92 valence electrons. The van der Waals surface area contributed by atoms with E-state index in [1.165, 1.54) is 6.42 Å². The summed E-state index contributed by atoms with van der Waals surface area (Å²) < 4.78 is 22.4. The molecule has 0 rings (SSSR count). The Morgan fingerprint density at radius 3 is 2.27 bits per heavy atom. The summed E-state index contributed by atoms with van der Waals surface area (Å²) in [4.78, 5) is 0.543. The molecule has 1 atom stereocenters. The van der Waals surface area contributed by atoms with E-state index in [0.29, 0.717) is 16.5 Å². The van der Waals surface area contributed by atoms with E-state index in [1.54, 1.807) is 6.92 Å². The number of sulfone groups is 1. The van der Waals surface area contributed by atoms with Gasteiger partial charge in [0, 0.05) is 10.6 Å². The molecule has 0 aliphatic carbocycles.